The van der Waals surface area contributed by atoms with Crippen LogP contribution in [0.3, 0.4) is 0 Å². The number of allylic oxidation sites excluding steroid dienone is 5. The summed E-state index contributed by atoms with van der Waals surface area (Å²) >= 11 is 0. The number of aryl methyl sites for hydroxylation is 1. The minimum atomic E-state index is -0.530. The lowest BCUT2D eigenvalue weighted by Gasteiger charge is -2.43. The van der Waals surface area contributed by atoms with Crippen LogP contribution in [0.2, 0.25) is 0 Å². The van der Waals surface area contributed by atoms with E-state index in [9.17, 15) is 4.79 Å². The number of carbonyl (C=O) groups is 1. The lowest BCUT2D eigenvalue weighted by atomic mass is 9.71. The first-order valence-corrected chi connectivity index (χ1v) is 12.6. The van der Waals surface area contributed by atoms with Crippen molar-refractivity contribution in [2.24, 2.45) is 4.99 Å². The van der Waals surface area contributed by atoms with E-state index in [0.717, 1.165) is 58.6 Å². The zero-order valence-electron chi connectivity index (χ0n) is 22.5. The Kier molecular flexibility index (Phi) is 8.67. The molecule has 0 atom stereocenters. The molecule has 1 saturated carbocycles. The molecule has 3 rings (SSSR count). The van der Waals surface area contributed by atoms with Crippen LogP contribution in [-0.4, -0.2) is 22.4 Å². The first kappa shape index (κ1) is 27.1. The van der Waals surface area contributed by atoms with Crippen molar-refractivity contribution in [3.63, 3.8) is 0 Å². The lowest BCUT2D eigenvalue weighted by Crippen LogP contribution is -2.52. The Labute approximate surface area is 216 Å². The summed E-state index contributed by atoms with van der Waals surface area (Å²) in [6.45, 7) is 15.5. The van der Waals surface area contributed by atoms with Crippen LogP contribution in [-0.2, 0) is 10.3 Å². The molecule has 0 bridgehead atoms. The molecule has 0 spiro atoms. The van der Waals surface area contributed by atoms with E-state index >= 15 is 0 Å². The normalized spacial score (nSPS) is 15.9. The average molecular weight is 486 g/mol. The van der Waals surface area contributed by atoms with Crippen molar-refractivity contribution in [3.05, 3.63) is 95.4 Å². The van der Waals surface area contributed by atoms with E-state index in [1.807, 2.05) is 46.8 Å². The molecule has 1 aliphatic carbocycles. The third-order valence-electron chi connectivity index (χ3n) is 6.59. The number of nitrogens with one attached hydrogen (secondary N) is 1. The van der Waals surface area contributed by atoms with Gasteiger partial charge in [0, 0.05) is 18.3 Å². The van der Waals surface area contributed by atoms with Crippen molar-refractivity contribution in [1.29, 1.82) is 0 Å². The van der Waals surface area contributed by atoms with Crippen LogP contribution < -0.4 is 5.32 Å². The number of hydrogen-bond acceptors (Lipinski definition) is 4. The maximum absolute atomic E-state index is 12.5. The summed E-state index contributed by atoms with van der Waals surface area (Å²) in [4.78, 5) is 22.0. The smallest absolute Gasteiger partial charge is 0.408 e. The van der Waals surface area contributed by atoms with Gasteiger partial charge in [0.15, 0.2) is 0 Å². The van der Waals surface area contributed by atoms with Crippen LogP contribution in [0.4, 0.5) is 10.5 Å². The number of aromatic nitrogens is 1. The van der Waals surface area contributed by atoms with E-state index in [1.165, 1.54) is 0 Å². The molecule has 1 fully saturated rings. The van der Waals surface area contributed by atoms with Crippen molar-refractivity contribution in [2.45, 2.75) is 78.4 Å². The molecule has 5 nitrogen and oxygen atoms in total. The van der Waals surface area contributed by atoms with Gasteiger partial charge in [-0.15, -0.1) is 0 Å². The fourth-order valence-corrected chi connectivity index (χ4v) is 4.24. The quantitative estimate of drug-likeness (QED) is 0.306. The van der Waals surface area contributed by atoms with Crippen LogP contribution >= 0.6 is 0 Å². The van der Waals surface area contributed by atoms with Gasteiger partial charge in [0.1, 0.15) is 5.60 Å². The predicted octanol–water partition coefficient (Wildman–Crippen LogP) is 7.80. The number of rotatable bonds is 8. The van der Waals surface area contributed by atoms with Crippen LogP contribution in [0, 0.1) is 13.8 Å². The Morgan fingerprint density at radius 3 is 2.44 bits per heavy atom. The van der Waals surface area contributed by atoms with Crippen LogP contribution in [0.5, 0.6) is 0 Å². The van der Waals surface area contributed by atoms with Crippen molar-refractivity contribution < 1.29 is 9.53 Å². The van der Waals surface area contributed by atoms with Gasteiger partial charge >= 0.3 is 6.09 Å². The number of ether oxygens (including phenoxy) is 1. The first-order valence-electron chi connectivity index (χ1n) is 12.6. The van der Waals surface area contributed by atoms with Gasteiger partial charge in [0.2, 0.25) is 0 Å². The van der Waals surface area contributed by atoms with Gasteiger partial charge in [-0.25, -0.2) is 4.79 Å². The molecular formula is C31H39N3O2. The molecule has 1 amide bonds. The fourth-order valence-electron chi connectivity index (χ4n) is 4.24. The molecule has 0 aliphatic heterocycles. The number of alkyl carbamates (subject to hydrolysis) is 1. The van der Waals surface area contributed by atoms with Crippen molar-refractivity contribution in [1.82, 2.24) is 10.3 Å². The molecule has 1 aliphatic rings. The van der Waals surface area contributed by atoms with Gasteiger partial charge in [-0.1, -0.05) is 55.1 Å². The summed E-state index contributed by atoms with van der Waals surface area (Å²) in [5.41, 5.74) is 6.34. The van der Waals surface area contributed by atoms with Crippen LogP contribution in [0.25, 0.3) is 0 Å². The molecule has 1 aromatic heterocycles. The molecule has 1 N–H and O–H groups in total. The Morgan fingerprint density at radius 1 is 1.19 bits per heavy atom. The van der Waals surface area contributed by atoms with Crippen molar-refractivity contribution in [3.8, 4) is 0 Å². The summed E-state index contributed by atoms with van der Waals surface area (Å²) in [5, 5.41) is 3.14. The summed E-state index contributed by atoms with van der Waals surface area (Å²) in [5.74, 6) is 0. The van der Waals surface area contributed by atoms with Gasteiger partial charge in [-0.3, -0.25) is 9.98 Å². The Hall–Kier alpha value is -3.47. The standard InChI is InChI=1S/C31H39N3O2/c1-8-10-12-24(9-2)21-28(33-27-17-20-32-23(4)22(27)3)25-13-15-26(16-14-25)31(18-11-19-31)34-29(35)36-30(5,6)7/h8-10,12-17,20H,1,11,18-19,21H2,2-7H3,(H,34,35)/b12-10-,24-9+,33-28?. The van der Waals surface area contributed by atoms with E-state index in [4.69, 9.17) is 9.73 Å². The molecular weight excluding hydrogens is 446 g/mol. The number of benzene rings is 1. The fraction of sp³-hybridized carbons (Fsp3) is 0.387. The average Bonchev–Trinajstić information content (AvgIpc) is 2.80. The molecule has 1 aromatic carbocycles. The zero-order chi connectivity index (χ0) is 26.3. The Morgan fingerprint density at radius 2 is 1.89 bits per heavy atom. The number of pyridine rings is 1. The third kappa shape index (κ3) is 6.81. The molecule has 0 radical (unpaired) electrons. The summed E-state index contributed by atoms with van der Waals surface area (Å²) in [7, 11) is 0. The highest BCUT2D eigenvalue weighted by atomic mass is 16.6. The molecule has 0 unspecified atom stereocenters. The van der Waals surface area contributed by atoms with Gasteiger partial charge in [-0.05, 0) is 89.1 Å². The summed E-state index contributed by atoms with van der Waals surface area (Å²) in [6, 6.07) is 10.4. The molecule has 2 aromatic rings. The van der Waals surface area contributed by atoms with E-state index in [0.29, 0.717) is 6.42 Å². The number of carbonyl (C=O) groups excluding carboxylic acids is 1. The zero-order valence-corrected chi connectivity index (χ0v) is 22.5. The topological polar surface area (TPSA) is 63.6 Å². The molecule has 190 valence electrons. The molecule has 36 heavy (non-hydrogen) atoms. The SMILES string of the molecule is C=C/C=C\C(=C/C)CC(=Nc1ccnc(C)c1C)c1ccc(C2(NC(=O)OC(C)(C)C)CCC2)cc1. The molecule has 1 heterocycles. The van der Waals surface area contributed by atoms with Crippen LogP contribution in [0.15, 0.2) is 78.0 Å². The second kappa shape index (κ2) is 11.5. The van der Waals surface area contributed by atoms with Gasteiger partial charge in [0.05, 0.1) is 16.9 Å². The number of hydrogen-bond donors (Lipinski definition) is 1. The van der Waals surface area contributed by atoms with E-state index in [2.05, 4.69) is 60.2 Å². The highest BCUT2D eigenvalue weighted by Gasteiger charge is 2.41. The summed E-state index contributed by atoms with van der Waals surface area (Å²) < 4.78 is 5.53. The van der Waals surface area contributed by atoms with Crippen molar-refractivity contribution in [2.75, 3.05) is 0 Å². The Balaban J connectivity index is 1.95. The van der Waals surface area contributed by atoms with E-state index < -0.39 is 5.60 Å². The lowest BCUT2D eigenvalue weighted by molar-refractivity contribution is 0.0377. The largest absolute Gasteiger partial charge is 0.444 e. The first-order chi connectivity index (χ1) is 17.1. The maximum Gasteiger partial charge on any atom is 0.408 e. The Bertz CT molecular complexity index is 1180. The number of nitrogens with zero attached hydrogens (tertiary/aromatic N) is 2. The van der Waals surface area contributed by atoms with Gasteiger partial charge in [-0.2, -0.15) is 0 Å². The number of aliphatic imine (C=N–C) groups is 1. The molecule has 0 saturated heterocycles. The molecule has 5 heteroatoms. The third-order valence-corrected chi connectivity index (χ3v) is 6.59. The highest BCUT2D eigenvalue weighted by molar-refractivity contribution is 6.03. The second-order valence-corrected chi connectivity index (χ2v) is 10.4. The minimum absolute atomic E-state index is 0.371. The summed E-state index contributed by atoms with van der Waals surface area (Å²) in [6.07, 6.45) is 12.9. The predicted molar refractivity (Wildman–Crippen MR) is 149 cm³/mol. The van der Waals surface area contributed by atoms with E-state index in [-0.39, 0.29) is 11.6 Å². The van der Waals surface area contributed by atoms with E-state index in [1.54, 1.807) is 12.3 Å². The monoisotopic (exact) mass is 485 g/mol. The minimum Gasteiger partial charge on any atom is -0.444 e. The van der Waals surface area contributed by atoms with Crippen LogP contribution in [0.1, 0.15) is 75.8 Å². The second-order valence-electron chi connectivity index (χ2n) is 10.4. The van der Waals surface area contributed by atoms with Crippen molar-refractivity contribution >= 4 is 17.5 Å². The highest BCUT2D eigenvalue weighted by Crippen LogP contribution is 2.41. The number of amides is 1. The van der Waals surface area contributed by atoms with Gasteiger partial charge < -0.3 is 10.1 Å². The van der Waals surface area contributed by atoms with Gasteiger partial charge in [0.25, 0.3) is 0 Å². The maximum atomic E-state index is 12.5.